The van der Waals surface area contributed by atoms with Crippen LogP contribution in [0.2, 0.25) is 0 Å². The summed E-state index contributed by atoms with van der Waals surface area (Å²) in [4.78, 5) is 13.0. The molecule has 0 spiro atoms. The number of carbonyl (C=O) groups is 1. The number of hydrogen-bond acceptors (Lipinski definition) is 3. The molecule has 3 N–H and O–H groups in total. The molecule has 3 rings (SSSR count). The molecule has 2 atom stereocenters. The van der Waals surface area contributed by atoms with Crippen LogP contribution in [0.1, 0.15) is 57.9 Å². The van der Waals surface area contributed by atoms with Gasteiger partial charge in [0.25, 0.3) is 5.91 Å². The first kappa shape index (κ1) is 20.8. The molecule has 4 nitrogen and oxygen atoms in total. The van der Waals surface area contributed by atoms with E-state index in [-0.39, 0.29) is 18.1 Å². The quantitative estimate of drug-likeness (QED) is 0.704. The third-order valence-corrected chi connectivity index (χ3v) is 5.73. The highest BCUT2D eigenvalue weighted by Gasteiger charge is 2.30. The van der Waals surface area contributed by atoms with Crippen LogP contribution in [0.25, 0.3) is 10.8 Å². The molecule has 1 aliphatic rings. The monoisotopic (exact) mass is 382 g/mol. The molecule has 1 aliphatic carbocycles. The lowest BCUT2D eigenvalue weighted by Gasteiger charge is -2.30. The van der Waals surface area contributed by atoms with Gasteiger partial charge in [0, 0.05) is 12.6 Å². The van der Waals surface area contributed by atoms with Crippen LogP contribution in [-0.4, -0.2) is 24.2 Å². The van der Waals surface area contributed by atoms with Crippen LogP contribution >= 0.6 is 0 Å². The van der Waals surface area contributed by atoms with Gasteiger partial charge in [0.2, 0.25) is 0 Å². The zero-order valence-electron chi connectivity index (χ0n) is 17.2. The topological polar surface area (TPSA) is 64.3 Å². The summed E-state index contributed by atoms with van der Waals surface area (Å²) >= 11 is 0. The summed E-state index contributed by atoms with van der Waals surface area (Å²) in [6.45, 7) is 4.39. The molecular weight excluding hydrogens is 348 g/mol. The van der Waals surface area contributed by atoms with Gasteiger partial charge < -0.3 is 15.8 Å². The Morgan fingerprint density at radius 2 is 1.82 bits per heavy atom. The Balaban J connectivity index is 1.65. The number of carbonyl (C=O) groups excluding carboxylic acids is 1. The first-order valence-corrected chi connectivity index (χ1v) is 10.7. The van der Waals surface area contributed by atoms with E-state index in [0.717, 1.165) is 17.4 Å². The largest absolute Gasteiger partial charge is 0.364 e. The molecule has 4 heteroatoms. The average molecular weight is 383 g/mol. The van der Waals surface area contributed by atoms with Gasteiger partial charge in [-0.2, -0.15) is 0 Å². The third kappa shape index (κ3) is 5.55. The van der Waals surface area contributed by atoms with Crippen molar-refractivity contribution >= 4 is 16.7 Å². The van der Waals surface area contributed by atoms with E-state index in [1.807, 2.05) is 32.0 Å². The second kappa shape index (κ2) is 10.0. The van der Waals surface area contributed by atoms with Crippen molar-refractivity contribution in [1.82, 2.24) is 5.32 Å². The van der Waals surface area contributed by atoms with Gasteiger partial charge >= 0.3 is 0 Å². The van der Waals surface area contributed by atoms with Crippen molar-refractivity contribution in [2.24, 2.45) is 11.7 Å². The normalized spacial score (nSPS) is 17.6. The number of nitrogens with one attached hydrogen (secondary N) is 1. The van der Waals surface area contributed by atoms with Crippen LogP contribution in [0.15, 0.2) is 42.5 Å². The van der Waals surface area contributed by atoms with Crippen LogP contribution < -0.4 is 11.1 Å². The molecule has 2 aromatic carbocycles. The van der Waals surface area contributed by atoms with Gasteiger partial charge in [-0.3, -0.25) is 4.79 Å². The van der Waals surface area contributed by atoms with Gasteiger partial charge in [0.05, 0.1) is 6.10 Å². The maximum absolute atomic E-state index is 13.0. The second-order valence-electron chi connectivity index (χ2n) is 8.37. The van der Waals surface area contributed by atoms with Gasteiger partial charge in [-0.1, -0.05) is 74.6 Å². The molecule has 1 saturated carbocycles. The van der Waals surface area contributed by atoms with Gasteiger partial charge in [0.1, 0.15) is 0 Å². The molecule has 0 aromatic heterocycles. The number of fused-ring (bicyclic) bond motifs is 1. The van der Waals surface area contributed by atoms with Crippen molar-refractivity contribution < 1.29 is 9.53 Å². The van der Waals surface area contributed by atoms with E-state index in [4.69, 9.17) is 10.5 Å². The second-order valence-corrected chi connectivity index (χ2v) is 8.37. The van der Waals surface area contributed by atoms with E-state index in [9.17, 15) is 4.79 Å². The minimum atomic E-state index is -0.600. The van der Waals surface area contributed by atoms with Gasteiger partial charge in [0.15, 0.2) is 6.10 Å². The summed E-state index contributed by atoms with van der Waals surface area (Å²) in [7, 11) is 0. The summed E-state index contributed by atoms with van der Waals surface area (Å²) in [5, 5.41) is 5.41. The first-order chi connectivity index (χ1) is 13.5. The molecule has 2 aromatic rings. The summed E-state index contributed by atoms with van der Waals surface area (Å²) in [5.74, 6) is 0.512. The molecule has 0 saturated heterocycles. The number of ether oxygens (including phenoxy) is 1. The minimum Gasteiger partial charge on any atom is -0.364 e. The molecule has 0 bridgehead atoms. The van der Waals surface area contributed by atoms with Gasteiger partial charge in [-0.25, -0.2) is 0 Å². The number of nitrogens with two attached hydrogens (primary N) is 1. The van der Waals surface area contributed by atoms with Gasteiger partial charge in [-0.15, -0.1) is 0 Å². The molecule has 0 heterocycles. The Labute approximate surface area is 168 Å². The van der Waals surface area contributed by atoms with Crippen LogP contribution in [0, 0.1) is 5.92 Å². The maximum Gasteiger partial charge on any atom is 0.251 e. The van der Waals surface area contributed by atoms with E-state index in [2.05, 4.69) is 29.6 Å². The molecule has 28 heavy (non-hydrogen) atoms. The lowest BCUT2D eigenvalue weighted by atomic mass is 9.84. The number of rotatable bonds is 8. The Bertz CT molecular complexity index is 763. The van der Waals surface area contributed by atoms with Crippen molar-refractivity contribution in [3.8, 4) is 0 Å². The summed E-state index contributed by atoms with van der Waals surface area (Å²) in [6, 6.07) is 14.1. The zero-order chi connectivity index (χ0) is 19.9. The highest BCUT2D eigenvalue weighted by atomic mass is 16.5. The average Bonchev–Trinajstić information content (AvgIpc) is 2.70. The third-order valence-electron chi connectivity index (χ3n) is 5.73. The number of amides is 1. The first-order valence-electron chi connectivity index (χ1n) is 10.7. The molecule has 1 fully saturated rings. The number of benzene rings is 2. The fourth-order valence-corrected chi connectivity index (χ4v) is 4.31. The predicted molar refractivity (Wildman–Crippen MR) is 115 cm³/mol. The van der Waals surface area contributed by atoms with Crippen LogP contribution in [-0.2, 0) is 16.1 Å². The van der Waals surface area contributed by atoms with Crippen molar-refractivity contribution in [2.45, 2.75) is 77.2 Å². The summed E-state index contributed by atoms with van der Waals surface area (Å²) in [6.07, 6.45) is 6.55. The van der Waals surface area contributed by atoms with E-state index < -0.39 is 6.10 Å². The van der Waals surface area contributed by atoms with Crippen molar-refractivity contribution in [3.63, 3.8) is 0 Å². The molecule has 1 amide bonds. The van der Waals surface area contributed by atoms with Crippen LogP contribution in [0.3, 0.4) is 0 Å². The van der Waals surface area contributed by atoms with E-state index in [1.165, 1.54) is 37.5 Å². The number of hydrogen-bond donors (Lipinski definition) is 2. The van der Waals surface area contributed by atoms with E-state index in [0.29, 0.717) is 12.5 Å². The smallest absolute Gasteiger partial charge is 0.251 e. The Morgan fingerprint density at radius 1 is 1.11 bits per heavy atom. The van der Waals surface area contributed by atoms with Crippen LogP contribution in [0.5, 0.6) is 0 Å². The molecule has 152 valence electrons. The predicted octanol–water partition coefficient (Wildman–Crippen LogP) is 4.55. The summed E-state index contributed by atoms with van der Waals surface area (Å²) in [5.41, 5.74) is 7.58. The highest BCUT2D eigenvalue weighted by molar-refractivity contribution is 5.86. The molecular formula is C24H34N2O2. The zero-order valence-corrected chi connectivity index (χ0v) is 17.2. The van der Waals surface area contributed by atoms with E-state index in [1.54, 1.807) is 0 Å². The van der Waals surface area contributed by atoms with Crippen molar-refractivity contribution in [2.75, 3.05) is 0 Å². The molecule has 0 radical (unpaired) electrons. The molecule has 0 aliphatic heterocycles. The summed E-state index contributed by atoms with van der Waals surface area (Å²) < 4.78 is 5.95. The van der Waals surface area contributed by atoms with E-state index >= 15 is 0 Å². The molecule has 2 unspecified atom stereocenters. The Morgan fingerprint density at radius 3 is 2.57 bits per heavy atom. The highest BCUT2D eigenvalue weighted by Crippen LogP contribution is 2.28. The maximum atomic E-state index is 13.0. The Hall–Kier alpha value is -1.91. The lowest BCUT2D eigenvalue weighted by Crippen LogP contribution is -2.49. The minimum absolute atomic E-state index is 0.0364. The van der Waals surface area contributed by atoms with Crippen molar-refractivity contribution in [3.05, 3.63) is 48.0 Å². The van der Waals surface area contributed by atoms with Crippen LogP contribution in [0.4, 0.5) is 0 Å². The Kier molecular flexibility index (Phi) is 7.46. The fraction of sp³-hybridized carbons (Fsp3) is 0.542. The van der Waals surface area contributed by atoms with Crippen molar-refractivity contribution in [1.29, 1.82) is 0 Å². The SMILES string of the molecule is CC(C)OC(C(=O)NCc1cccc2ccccc12)C(N)CC1CCCCC1. The fourth-order valence-electron chi connectivity index (χ4n) is 4.31. The lowest BCUT2D eigenvalue weighted by molar-refractivity contribution is -0.137. The van der Waals surface area contributed by atoms with Gasteiger partial charge in [-0.05, 0) is 42.5 Å². The standard InChI is InChI=1S/C24H34N2O2/c1-17(2)28-23(22(25)15-18-9-4-3-5-10-18)24(27)26-16-20-13-8-12-19-11-6-7-14-21(19)20/h6-8,11-14,17-18,22-23H,3-5,9-10,15-16,25H2,1-2H3,(H,26,27).